The fraction of sp³-hybridized carbons (Fsp3) is 1.00. The van der Waals surface area contributed by atoms with E-state index in [0.717, 1.165) is 18.3 Å². The van der Waals surface area contributed by atoms with Gasteiger partial charge in [-0.1, -0.05) is 6.92 Å². The van der Waals surface area contributed by atoms with E-state index in [1.54, 1.807) is 0 Å². The molecule has 76 valence electrons. The van der Waals surface area contributed by atoms with E-state index in [9.17, 15) is 5.11 Å². The molecule has 0 unspecified atom stereocenters. The predicted octanol–water partition coefficient (Wildman–Crippen LogP) is -0.300. The maximum atomic E-state index is 10.6. The molecule has 0 aliphatic heterocycles. The molecule has 0 saturated heterocycles. The molecule has 0 spiro atoms. The van der Waals surface area contributed by atoms with E-state index in [1.165, 1.54) is 32.1 Å². The molecule has 2 heteroatoms. The van der Waals surface area contributed by atoms with Crippen molar-refractivity contribution in [1.82, 2.24) is 0 Å². The van der Waals surface area contributed by atoms with Crippen LogP contribution in [0, 0.1) is 23.7 Å². The zero-order chi connectivity index (χ0) is 9.05. The van der Waals surface area contributed by atoms with Crippen LogP contribution in [0.1, 0.15) is 46.9 Å². The van der Waals surface area contributed by atoms with Gasteiger partial charge in [0.25, 0.3) is 0 Å². The van der Waals surface area contributed by atoms with Gasteiger partial charge in [-0.3, -0.25) is 0 Å². The van der Waals surface area contributed by atoms with Crippen LogP contribution in [0.25, 0.3) is 0 Å². The van der Waals surface area contributed by atoms with Gasteiger partial charge < -0.3 is 6.53 Å². The van der Waals surface area contributed by atoms with Gasteiger partial charge in [0.05, 0.1) is 5.60 Å². The van der Waals surface area contributed by atoms with Gasteiger partial charge in [-0.2, -0.15) is 0 Å². The van der Waals surface area contributed by atoms with E-state index in [1.807, 2.05) is 0 Å². The van der Waals surface area contributed by atoms with E-state index >= 15 is 0 Å². The van der Waals surface area contributed by atoms with Crippen LogP contribution in [0.4, 0.5) is 0 Å². The Morgan fingerprint density at radius 3 is 1.86 bits per heavy atom. The third-order valence-electron chi connectivity index (χ3n) is 5.12. The van der Waals surface area contributed by atoms with Crippen molar-refractivity contribution in [3.05, 3.63) is 0 Å². The molecule has 0 aromatic rings. The van der Waals surface area contributed by atoms with Crippen LogP contribution < -0.4 is 29.6 Å². The summed E-state index contributed by atoms with van der Waals surface area (Å²) in [6.07, 6.45) is 7.79. The molecule has 0 aromatic carbocycles. The molecule has 4 saturated carbocycles. The third kappa shape index (κ3) is 1.43. The average molecular weight is 204 g/mol. The normalized spacial score (nSPS) is 54.4. The van der Waals surface area contributed by atoms with E-state index in [4.69, 9.17) is 0 Å². The van der Waals surface area contributed by atoms with Crippen molar-refractivity contribution in [2.24, 2.45) is 23.7 Å². The Balaban J connectivity index is 0.000000562. The Hall–Kier alpha value is 0.960. The standard InChI is InChI=1S/C12H20O.Na.H/c1-2-12(13)10-4-8-3-9(6-10)7-11(12)5-8;;/h8-11,13H,2-7H2,1H3;;/q;+1;-1. The van der Waals surface area contributed by atoms with Gasteiger partial charge in [0.1, 0.15) is 0 Å². The Morgan fingerprint density at radius 2 is 1.50 bits per heavy atom. The monoisotopic (exact) mass is 204 g/mol. The van der Waals surface area contributed by atoms with Crippen LogP contribution in [-0.2, 0) is 0 Å². The molecule has 0 radical (unpaired) electrons. The summed E-state index contributed by atoms with van der Waals surface area (Å²) in [6, 6.07) is 0. The van der Waals surface area contributed by atoms with Crippen LogP contribution in [0.15, 0.2) is 0 Å². The molecule has 4 fully saturated rings. The van der Waals surface area contributed by atoms with Gasteiger partial charge in [0, 0.05) is 0 Å². The predicted molar refractivity (Wildman–Crippen MR) is 53.4 cm³/mol. The number of aliphatic hydroxyl groups is 1. The molecule has 0 amide bonds. The van der Waals surface area contributed by atoms with Gasteiger partial charge >= 0.3 is 29.6 Å². The smallest absolute Gasteiger partial charge is 1.00 e. The van der Waals surface area contributed by atoms with Gasteiger partial charge in [-0.05, 0) is 62.2 Å². The largest absolute Gasteiger partial charge is 1.00 e. The van der Waals surface area contributed by atoms with Crippen molar-refractivity contribution in [3.8, 4) is 0 Å². The summed E-state index contributed by atoms with van der Waals surface area (Å²) >= 11 is 0. The Kier molecular flexibility index (Phi) is 3.08. The molecule has 0 aromatic heterocycles. The SMILES string of the molecule is CCC1(O)C2CC3CC(C2)CC1C3.[H-].[Na+]. The fourth-order valence-electron chi connectivity index (χ4n) is 4.58. The van der Waals surface area contributed by atoms with Gasteiger partial charge in [-0.15, -0.1) is 0 Å². The maximum Gasteiger partial charge on any atom is 1.00 e. The molecule has 1 nitrogen and oxygen atoms in total. The molecule has 1 N–H and O–H groups in total. The Labute approximate surface area is 110 Å². The molecule has 0 heterocycles. The summed E-state index contributed by atoms with van der Waals surface area (Å²) in [5.41, 5.74) is -0.257. The van der Waals surface area contributed by atoms with Crippen LogP contribution in [0.2, 0.25) is 0 Å². The second-order valence-corrected chi connectivity index (χ2v) is 5.65. The summed E-state index contributed by atoms with van der Waals surface area (Å²) < 4.78 is 0. The van der Waals surface area contributed by atoms with Gasteiger partial charge in [0.15, 0.2) is 0 Å². The van der Waals surface area contributed by atoms with Crippen molar-refractivity contribution in [3.63, 3.8) is 0 Å². The van der Waals surface area contributed by atoms with Crippen LogP contribution >= 0.6 is 0 Å². The van der Waals surface area contributed by atoms with Crippen molar-refractivity contribution in [2.45, 2.75) is 51.0 Å². The van der Waals surface area contributed by atoms with Crippen molar-refractivity contribution in [2.75, 3.05) is 0 Å². The zero-order valence-electron chi connectivity index (χ0n) is 10.5. The number of hydrogen-bond donors (Lipinski definition) is 1. The number of rotatable bonds is 1. The van der Waals surface area contributed by atoms with E-state index in [0.29, 0.717) is 11.8 Å². The third-order valence-corrected chi connectivity index (χ3v) is 5.12. The minimum Gasteiger partial charge on any atom is -1.00 e. The maximum absolute atomic E-state index is 10.6. The van der Waals surface area contributed by atoms with Crippen LogP contribution in [0.5, 0.6) is 0 Å². The van der Waals surface area contributed by atoms with E-state index in [-0.39, 0.29) is 36.6 Å². The van der Waals surface area contributed by atoms with Crippen molar-refractivity contribution in [1.29, 1.82) is 0 Å². The summed E-state index contributed by atoms with van der Waals surface area (Å²) in [6.45, 7) is 2.17. The second kappa shape index (κ2) is 3.76. The fourth-order valence-corrected chi connectivity index (χ4v) is 4.58. The zero-order valence-corrected chi connectivity index (χ0v) is 11.5. The van der Waals surface area contributed by atoms with Crippen molar-refractivity contribution >= 4 is 0 Å². The van der Waals surface area contributed by atoms with E-state index < -0.39 is 0 Å². The van der Waals surface area contributed by atoms with Crippen LogP contribution in [-0.4, -0.2) is 10.7 Å². The minimum atomic E-state index is -0.257. The summed E-state index contributed by atoms with van der Waals surface area (Å²) in [5.74, 6) is 3.28. The Bertz CT molecular complexity index is 204. The molecule has 0 atom stereocenters. The van der Waals surface area contributed by atoms with Crippen LogP contribution in [0.3, 0.4) is 0 Å². The molecule has 4 rings (SSSR count). The average Bonchev–Trinajstić information content (AvgIpc) is 2.13. The van der Waals surface area contributed by atoms with E-state index in [2.05, 4.69) is 6.92 Å². The molecular formula is C12H21NaO. The second-order valence-electron chi connectivity index (χ2n) is 5.65. The summed E-state index contributed by atoms with van der Waals surface area (Å²) in [4.78, 5) is 0. The summed E-state index contributed by atoms with van der Waals surface area (Å²) in [5, 5.41) is 10.6. The number of hydrogen-bond acceptors (Lipinski definition) is 1. The first kappa shape index (κ1) is 11.4. The quantitative estimate of drug-likeness (QED) is 0.581. The topological polar surface area (TPSA) is 20.2 Å². The molecule has 4 bridgehead atoms. The minimum absolute atomic E-state index is 0. The van der Waals surface area contributed by atoms with Crippen molar-refractivity contribution < 1.29 is 36.1 Å². The first-order valence-corrected chi connectivity index (χ1v) is 5.94. The molecule has 4 aliphatic carbocycles. The molecule has 4 aliphatic rings. The molecular weight excluding hydrogens is 183 g/mol. The molecule has 14 heavy (non-hydrogen) atoms. The first-order valence-electron chi connectivity index (χ1n) is 5.94. The first-order chi connectivity index (χ1) is 6.22. The van der Waals surface area contributed by atoms with Gasteiger partial charge in [0.2, 0.25) is 0 Å². The Morgan fingerprint density at radius 1 is 1.07 bits per heavy atom. The van der Waals surface area contributed by atoms with Gasteiger partial charge in [-0.25, -0.2) is 0 Å². The summed E-state index contributed by atoms with van der Waals surface area (Å²) in [7, 11) is 0.